The lowest BCUT2D eigenvalue weighted by atomic mass is 9.73. The van der Waals surface area contributed by atoms with Crippen LogP contribution in [0.4, 0.5) is 5.69 Å². The summed E-state index contributed by atoms with van der Waals surface area (Å²) in [5, 5.41) is 0.394. The molecule has 2 aromatic carbocycles. The summed E-state index contributed by atoms with van der Waals surface area (Å²) >= 11 is 6.34. The highest BCUT2D eigenvalue weighted by atomic mass is 35.5. The number of hydrogen-bond acceptors (Lipinski definition) is 4. The maximum atomic E-state index is 12.4. The van der Waals surface area contributed by atoms with E-state index in [4.69, 9.17) is 16.6 Å². The maximum Gasteiger partial charge on any atom is 0.260 e. The standard InChI is InChI=1S/C29H32ClN5O/c1-20-15-22(16-24-26(20)33-27(32-24)25-23(30)9-12-31-28(25)36)35-14-6-11-29(19-35)10-5-13-34(18-29)17-21-7-3-2-4-8-21/h2-4,7-9,12,15-16H,5-6,10-11,13-14,17-19H2,1H3,(H,31,36)(H,32,33). The summed E-state index contributed by atoms with van der Waals surface area (Å²) in [6, 6.07) is 17.0. The zero-order valence-corrected chi connectivity index (χ0v) is 21.4. The molecule has 6 rings (SSSR count). The Morgan fingerprint density at radius 1 is 1.06 bits per heavy atom. The Bertz CT molecular complexity index is 1440. The molecule has 2 aromatic heterocycles. The summed E-state index contributed by atoms with van der Waals surface area (Å²) in [6.45, 7) is 7.61. The third-order valence-electron chi connectivity index (χ3n) is 7.92. The van der Waals surface area contributed by atoms with Gasteiger partial charge in [-0.1, -0.05) is 41.9 Å². The molecule has 7 heteroatoms. The quantitative estimate of drug-likeness (QED) is 0.373. The highest BCUT2D eigenvalue weighted by Gasteiger charge is 2.39. The van der Waals surface area contributed by atoms with Gasteiger partial charge in [0.15, 0.2) is 0 Å². The van der Waals surface area contributed by atoms with Gasteiger partial charge in [-0.3, -0.25) is 9.69 Å². The van der Waals surface area contributed by atoms with Gasteiger partial charge in [0.2, 0.25) is 0 Å². The maximum absolute atomic E-state index is 12.4. The Morgan fingerprint density at radius 3 is 2.67 bits per heavy atom. The van der Waals surface area contributed by atoms with Gasteiger partial charge in [-0.25, -0.2) is 4.98 Å². The number of piperidine rings is 2. The number of anilines is 1. The zero-order valence-electron chi connectivity index (χ0n) is 20.7. The van der Waals surface area contributed by atoms with E-state index in [9.17, 15) is 4.79 Å². The number of H-pyrrole nitrogens is 2. The Hall–Kier alpha value is -3.09. The second-order valence-corrected chi connectivity index (χ2v) is 11.0. The summed E-state index contributed by atoms with van der Waals surface area (Å²) in [4.78, 5) is 28.4. The van der Waals surface area contributed by atoms with Gasteiger partial charge in [-0.2, -0.15) is 0 Å². The van der Waals surface area contributed by atoms with Crippen LogP contribution in [0.5, 0.6) is 0 Å². The van der Waals surface area contributed by atoms with Gasteiger partial charge < -0.3 is 14.9 Å². The van der Waals surface area contributed by atoms with Crippen molar-refractivity contribution < 1.29 is 0 Å². The van der Waals surface area contributed by atoms with E-state index < -0.39 is 0 Å². The minimum Gasteiger partial charge on any atom is -0.371 e. The third-order valence-corrected chi connectivity index (χ3v) is 8.24. The van der Waals surface area contributed by atoms with Gasteiger partial charge in [0, 0.05) is 43.5 Å². The molecule has 186 valence electrons. The first kappa shape index (κ1) is 23.3. The summed E-state index contributed by atoms with van der Waals surface area (Å²) in [5.74, 6) is 0.510. The Kier molecular flexibility index (Phi) is 6.10. The molecule has 2 N–H and O–H groups in total. The SMILES string of the molecule is Cc1cc(N2CCCC3(CCCN(Cc4ccccc4)C3)C2)cc2[nH]c(-c3c(Cl)cc[nH]c3=O)nc12. The zero-order chi connectivity index (χ0) is 24.7. The Balaban J connectivity index is 1.26. The van der Waals surface area contributed by atoms with Crippen molar-refractivity contribution >= 4 is 28.3 Å². The first-order valence-electron chi connectivity index (χ1n) is 12.9. The monoisotopic (exact) mass is 501 g/mol. The number of rotatable bonds is 4. The molecule has 0 saturated carbocycles. The molecule has 2 saturated heterocycles. The summed E-state index contributed by atoms with van der Waals surface area (Å²) in [6.07, 6.45) is 6.60. The van der Waals surface area contributed by atoms with Crippen molar-refractivity contribution in [2.45, 2.75) is 39.2 Å². The van der Waals surface area contributed by atoms with Crippen LogP contribution in [0.15, 0.2) is 59.5 Å². The molecule has 4 heterocycles. The number of aryl methyl sites for hydroxylation is 1. The van der Waals surface area contributed by atoms with Crippen molar-refractivity contribution in [3.8, 4) is 11.4 Å². The number of imidazole rings is 1. The van der Waals surface area contributed by atoms with Gasteiger partial charge in [-0.05, 0) is 68.5 Å². The van der Waals surface area contributed by atoms with E-state index >= 15 is 0 Å². The smallest absolute Gasteiger partial charge is 0.260 e. The van der Waals surface area contributed by atoms with Crippen LogP contribution in [0.25, 0.3) is 22.4 Å². The number of benzene rings is 2. The van der Waals surface area contributed by atoms with Crippen LogP contribution in [0.2, 0.25) is 5.02 Å². The number of hydrogen-bond donors (Lipinski definition) is 2. The van der Waals surface area contributed by atoms with E-state index in [2.05, 4.69) is 69.2 Å². The predicted octanol–water partition coefficient (Wildman–Crippen LogP) is 5.76. The molecule has 1 spiro atoms. The fourth-order valence-corrected chi connectivity index (χ4v) is 6.53. The van der Waals surface area contributed by atoms with Crippen LogP contribution in [-0.4, -0.2) is 46.0 Å². The molecule has 0 aliphatic carbocycles. The van der Waals surface area contributed by atoms with Crippen LogP contribution >= 0.6 is 11.6 Å². The van der Waals surface area contributed by atoms with E-state index in [1.54, 1.807) is 12.3 Å². The van der Waals surface area contributed by atoms with Gasteiger partial charge in [0.05, 0.1) is 16.1 Å². The average molecular weight is 502 g/mol. The number of nitrogens with one attached hydrogen (secondary N) is 2. The largest absolute Gasteiger partial charge is 0.371 e. The normalized spacial score (nSPS) is 20.9. The highest BCUT2D eigenvalue weighted by Crippen LogP contribution is 2.41. The second-order valence-electron chi connectivity index (χ2n) is 10.6. The molecular weight excluding hydrogens is 470 g/mol. The van der Waals surface area contributed by atoms with Crippen molar-refractivity contribution in [3.63, 3.8) is 0 Å². The minimum atomic E-state index is -0.241. The molecular formula is C29H32ClN5O. The average Bonchev–Trinajstić information content (AvgIpc) is 3.29. The first-order valence-corrected chi connectivity index (χ1v) is 13.3. The van der Waals surface area contributed by atoms with E-state index in [1.165, 1.54) is 43.5 Å². The van der Waals surface area contributed by atoms with E-state index in [-0.39, 0.29) is 5.56 Å². The number of aromatic nitrogens is 3. The number of pyridine rings is 1. The second kappa shape index (κ2) is 9.41. The number of fused-ring (bicyclic) bond motifs is 1. The van der Waals surface area contributed by atoms with E-state index in [1.807, 2.05) is 0 Å². The lowest BCUT2D eigenvalue weighted by Gasteiger charge is -2.49. The molecule has 2 aliphatic heterocycles. The molecule has 1 unspecified atom stereocenters. The molecule has 2 fully saturated rings. The molecule has 0 amide bonds. The summed E-state index contributed by atoms with van der Waals surface area (Å²) < 4.78 is 0. The third kappa shape index (κ3) is 4.44. The molecule has 1 atom stereocenters. The topological polar surface area (TPSA) is 68.0 Å². The fourth-order valence-electron chi connectivity index (χ4n) is 6.30. The van der Waals surface area contributed by atoms with E-state index in [0.717, 1.165) is 42.8 Å². The van der Waals surface area contributed by atoms with Gasteiger partial charge in [0.1, 0.15) is 11.4 Å². The van der Waals surface area contributed by atoms with Crippen molar-refractivity contribution in [1.29, 1.82) is 0 Å². The van der Waals surface area contributed by atoms with Crippen LogP contribution < -0.4 is 10.5 Å². The lowest BCUT2D eigenvalue weighted by Crippen LogP contribution is -2.52. The van der Waals surface area contributed by atoms with Crippen LogP contribution in [0.3, 0.4) is 0 Å². The van der Waals surface area contributed by atoms with Gasteiger partial charge >= 0.3 is 0 Å². The molecule has 0 bridgehead atoms. The number of nitrogens with zero attached hydrogens (tertiary/aromatic N) is 3. The van der Waals surface area contributed by atoms with Crippen molar-refractivity contribution in [3.05, 3.63) is 81.2 Å². The van der Waals surface area contributed by atoms with Gasteiger partial charge in [-0.15, -0.1) is 0 Å². The van der Waals surface area contributed by atoms with E-state index in [0.29, 0.717) is 21.8 Å². The van der Waals surface area contributed by atoms with Crippen molar-refractivity contribution in [1.82, 2.24) is 19.9 Å². The minimum absolute atomic E-state index is 0.241. The van der Waals surface area contributed by atoms with Crippen LogP contribution in [0, 0.1) is 12.3 Å². The fraction of sp³-hybridized carbons (Fsp3) is 0.379. The lowest BCUT2D eigenvalue weighted by molar-refractivity contribution is 0.0685. The molecule has 2 aliphatic rings. The van der Waals surface area contributed by atoms with Crippen LogP contribution in [-0.2, 0) is 6.54 Å². The van der Waals surface area contributed by atoms with Crippen molar-refractivity contribution in [2.24, 2.45) is 5.41 Å². The van der Waals surface area contributed by atoms with Gasteiger partial charge in [0.25, 0.3) is 5.56 Å². The molecule has 0 radical (unpaired) electrons. The van der Waals surface area contributed by atoms with Crippen LogP contribution in [0.1, 0.15) is 36.8 Å². The summed E-state index contributed by atoms with van der Waals surface area (Å²) in [7, 11) is 0. The van der Waals surface area contributed by atoms with Crippen molar-refractivity contribution in [2.75, 3.05) is 31.1 Å². The predicted molar refractivity (Wildman–Crippen MR) is 147 cm³/mol. The Labute approximate surface area is 216 Å². The molecule has 36 heavy (non-hydrogen) atoms. The number of halogens is 1. The highest BCUT2D eigenvalue weighted by molar-refractivity contribution is 6.33. The number of likely N-dealkylation sites (tertiary alicyclic amines) is 1. The number of aromatic amines is 2. The molecule has 6 nitrogen and oxygen atoms in total. The Morgan fingerprint density at radius 2 is 1.86 bits per heavy atom. The summed E-state index contributed by atoms with van der Waals surface area (Å²) in [5.41, 5.74) is 6.02. The first-order chi connectivity index (χ1) is 17.5. The molecule has 4 aromatic rings.